The Morgan fingerprint density at radius 2 is 2.09 bits per heavy atom. The number of aromatic nitrogens is 1. The van der Waals surface area contributed by atoms with Gasteiger partial charge in [-0.1, -0.05) is 36.9 Å². The molecule has 0 N–H and O–H groups in total. The molecule has 0 radical (unpaired) electrons. The second-order valence-electron chi connectivity index (χ2n) is 5.05. The van der Waals surface area contributed by atoms with E-state index in [9.17, 15) is 4.79 Å². The number of carbonyl (C=O) groups excluding carboxylic acids is 1. The number of rotatable bonds is 4. The van der Waals surface area contributed by atoms with Gasteiger partial charge in [0.05, 0.1) is 18.5 Å². The van der Waals surface area contributed by atoms with E-state index in [4.69, 9.17) is 4.74 Å². The van der Waals surface area contributed by atoms with Crippen LogP contribution in [0.15, 0.2) is 47.6 Å². The molecule has 0 amide bonds. The molecule has 0 fully saturated rings. The minimum Gasteiger partial charge on any atom is -0.497 e. The molecule has 1 aromatic heterocycles. The lowest BCUT2D eigenvalue weighted by atomic mass is 10.1. The van der Waals surface area contributed by atoms with Gasteiger partial charge < -0.3 is 9.53 Å². The summed E-state index contributed by atoms with van der Waals surface area (Å²) in [7, 11) is 1.66. The van der Waals surface area contributed by atoms with Crippen molar-refractivity contribution in [1.29, 1.82) is 0 Å². The standard InChI is InChI=1S/C17H18N2O2S/c1-3-19-15(11-20)14-5-4-10-18-16(14)22-17(19)12-6-8-13(21-2)9-7-12/h4-11,15,17H,3H2,1-2H3. The molecule has 0 saturated heterocycles. The van der Waals surface area contributed by atoms with Crippen LogP contribution in [0.5, 0.6) is 5.75 Å². The van der Waals surface area contributed by atoms with E-state index >= 15 is 0 Å². The molecule has 0 bridgehead atoms. The van der Waals surface area contributed by atoms with E-state index in [0.717, 1.165) is 34.7 Å². The Labute approximate surface area is 134 Å². The first-order valence-corrected chi connectivity index (χ1v) is 8.13. The lowest BCUT2D eigenvalue weighted by Gasteiger charge is -2.39. The number of carbonyl (C=O) groups is 1. The molecule has 22 heavy (non-hydrogen) atoms. The number of thioether (sulfide) groups is 1. The van der Waals surface area contributed by atoms with Crippen molar-refractivity contribution in [3.8, 4) is 5.75 Å². The number of fused-ring (bicyclic) bond motifs is 1. The normalized spacial score (nSPS) is 21.2. The summed E-state index contributed by atoms with van der Waals surface area (Å²) in [6.07, 6.45) is 2.79. The summed E-state index contributed by atoms with van der Waals surface area (Å²) in [5.41, 5.74) is 2.14. The van der Waals surface area contributed by atoms with Crippen molar-refractivity contribution in [1.82, 2.24) is 9.88 Å². The highest BCUT2D eigenvalue weighted by Gasteiger charge is 2.35. The third kappa shape index (κ3) is 2.62. The summed E-state index contributed by atoms with van der Waals surface area (Å²) >= 11 is 1.69. The van der Waals surface area contributed by atoms with Gasteiger partial charge in [0.2, 0.25) is 0 Å². The lowest BCUT2D eigenvalue weighted by Crippen LogP contribution is -2.35. The zero-order chi connectivity index (χ0) is 15.5. The van der Waals surface area contributed by atoms with Gasteiger partial charge in [-0.05, 0) is 30.3 Å². The van der Waals surface area contributed by atoms with Gasteiger partial charge in [0.1, 0.15) is 17.1 Å². The number of ether oxygens (including phenoxy) is 1. The molecule has 1 aromatic carbocycles. The summed E-state index contributed by atoms with van der Waals surface area (Å²) < 4.78 is 5.22. The number of pyridine rings is 1. The van der Waals surface area contributed by atoms with Crippen LogP contribution >= 0.6 is 11.8 Å². The van der Waals surface area contributed by atoms with Crippen LogP contribution in [-0.4, -0.2) is 29.8 Å². The Morgan fingerprint density at radius 3 is 2.73 bits per heavy atom. The van der Waals surface area contributed by atoms with E-state index in [1.165, 1.54) is 0 Å². The predicted octanol–water partition coefficient (Wildman–Crippen LogP) is 3.46. The summed E-state index contributed by atoms with van der Waals surface area (Å²) in [5.74, 6) is 0.832. The summed E-state index contributed by atoms with van der Waals surface area (Å²) in [5, 5.41) is 1.01. The van der Waals surface area contributed by atoms with Crippen LogP contribution in [-0.2, 0) is 4.79 Å². The number of hydrogen-bond donors (Lipinski definition) is 0. The molecular formula is C17H18N2O2S. The number of nitrogens with zero attached hydrogens (tertiary/aromatic N) is 2. The molecule has 4 nitrogen and oxygen atoms in total. The molecule has 0 spiro atoms. The first kappa shape index (κ1) is 15.1. The highest BCUT2D eigenvalue weighted by Crippen LogP contribution is 2.47. The summed E-state index contributed by atoms with van der Waals surface area (Å²) in [6, 6.07) is 11.6. The Kier molecular flexibility index (Phi) is 4.45. The highest BCUT2D eigenvalue weighted by molar-refractivity contribution is 7.99. The van der Waals surface area contributed by atoms with Crippen molar-refractivity contribution >= 4 is 18.0 Å². The van der Waals surface area contributed by atoms with Gasteiger partial charge >= 0.3 is 0 Å². The maximum Gasteiger partial charge on any atom is 0.141 e. The van der Waals surface area contributed by atoms with Gasteiger partial charge in [0.15, 0.2) is 0 Å². The number of methoxy groups -OCH3 is 1. The van der Waals surface area contributed by atoms with E-state index in [1.807, 2.05) is 24.3 Å². The Bertz CT molecular complexity index is 660. The first-order chi connectivity index (χ1) is 10.8. The predicted molar refractivity (Wildman–Crippen MR) is 87.0 cm³/mol. The number of likely N-dealkylation sites (N-methyl/N-ethyl adjacent to an activating group) is 1. The molecule has 1 aliphatic heterocycles. The molecule has 3 rings (SSSR count). The van der Waals surface area contributed by atoms with Crippen molar-refractivity contribution in [3.63, 3.8) is 0 Å². The average Bonchev–Trinajstić information content (AvgIpc) is 2.60. The molecule has 2 aromatic rings. The van der Waals surface area contributed by atoms with Gasteiger partial charge in [-0.3, -0.25) is 4.90 Å². The first-order valence-electron chi connectivity index (χ1n) is 7.25. The van der Waals surface area contributed by atoms with Crippen molar-refractivity contribution in [2.45, 2.75) is 23.4 Å². The molecule has 0 saturated carbocycles. The number of hydrogen-bond acceptors (Lipinski definition) is 5. The van der Waals surface area contributed by atoms with Crippen molar-refractivity contribution in [2.24, 2.45) is 0 Å². The van der Waals surface area contributed by atoms with Crippen molar-refractivity contribution in [2.75, 3.05) is 13.7 Å². The minimum atomic E-state index is -0.248. The Morgan fingerprint density at radius 1 is 1.32 bits per heavy atom. The van der Waals surface area contributed by atoms with Crippen LogP contribution in [0.3, 0.4) is 0 Å². The lowest BCUT2D eigenvalue weighted by molar-refractivity contribution is -0.113. The zero-order valence-corrected chi connectivity index (χ0v) is 13.4. The molecule has 0 aliphatic carbocycles. The van der Waals surface area contributed by atoms with Gasteiger partial charge in [0.25, 0.3) is 0 Å². The van der Waals surface area contributed by atoms with E-state index < -0.39 is 0 Å². The van der Waals surface area contributed by atoms with Crippen LogP contribution in [0.2, 0.25) is 0 Å². The summed E-state index contributed by atoms with van der Waals surface area (Å²) in [4.78, 5) is 18.3. The topological polar surface area (TPSA) is 42.4 Å². The van der Waals surface area contributed by atoms with Crippen LogP contribution in [0, 0.1) is 0 Å². The third-order valence-corrected chi connectivity index (χ3v) is 5.23. The monoisotopic (exact) mass is 314 g/mol. The van der Waals surface area contributed by atoms with Crippen LogP contribution in [0.4, 0.5) is 0 Å². The van der Waals surface area contributed by atoms with Gasteiger partial charge in [-0.25, -0.2) is 4.98 Å². The fourth-order valence-electron chi connectivity index (χ4n) is 2.77. The quantitative estimate of drug-likeness (QED) is 0.809. The van der Waals surface area contributed by atoms with E-state index in [-0.39, 0.29) is 11.4 Å². The maximum absolute atomic E-state index is 11.7. The second kappa shape index (κ2) is 6.50. The number of aldehydes is 1. The Balaban J connectivity index is 2.01. The maximum atomic E-state index is 11.7. The minimum absolute atomic E-state index is 0.0773. The molecule has 114 valence electrons. The Hall–Kier alpha value is -1.85. The fourth-order valence-corrected chi connectivity index (χ4v) is 4.13. The second-order valence-corrected chi connectivity index (χ2v) is 6.12. The molecule has 1 aliphatic rings. The summed E-state index contributed by atoms with van der Waals surface area (Å²) in [6.45, 7) is 2.87. The SMILES string of the molecule is CCN1C(C=O)c2cccnc2SC1c1ccc(OC)cc1. The molecular weight excluding hydrogens is 296 g/mol. The van der Waals surface area contributed by atoms with Gasteiger partial charge in [0, 0.05) is 11.8 Å². The van der Waals surface area contributed by atoms with E-state index in [2.05, 4.69) is 28.9 Å². The largest absolute Gasteiger partial charge is 0.497 e. The van der Waals surface area contributed by atoms with Crippen LogP contribution < -0.4 is 4.74 Å². The van der Waals surface area contributed by atoms with Crippen LogP contribution in [0.1, 0.15) is 29.5 Å². The van der Waals surface area contributed by atoms with Gasteiger partial charge in [-0.15, -0.1) is 0 Å². The highest BCUT2D eigenvalue weighted by atomic mass is 32.2. The fraction of sp³-hybridized carbons (Fsp3) is 0.294. The molecule has 2 heterocycles. The van der Waals surface area contributed by atoms with E-state index in [1.54, 1.807) is 25.1 Å². The zero-order valence-electron chi connectivity index (χ0n) is 12.6. The van der Waals surface area contributed by atoms with Crippen LogP contribution in [0.25, 0.3) is 0 Å². The third-order valence-electron chi connectivity index (χ3n) is 3.90. The van der Waals surface area contributed by atoms with E-state index in [0.29, 0.717) is 0 Å². The van der Waals surface area contributed by atoms with Crippen molar-refractivity contribution < 1.29 is 9.53 Å². The average molecular weight is 314 g/mol. The molecule has 2 unspecified atom stereocenters. The molecule has 2 atom stereocenters. The smallest absolute Gasteiger partial charge is 0.141 e. The van der Waals surface area contributed by atoms with Crippen molar-refractivity contribution in [3.05, 3.63) is 53.7 Å². The molecule has 5 heteroatoms. The number of benzene rings is 1. The van der Waals surface area contributed by atoms with Gasteiger partial charge in [-0.2, -0.15) is 0 Å².